The highest BCUT2D eigenvalue weighted by Gasteiger charge is 2.44. The molecule has 0 aromatic carbocycles. The van der Waals surface area contributed by atoms with Gasteiger partial charge in [-0.3, -0.25) is 9.69 Å². The molecule has 2 unspecified atom stereocenters. The van der Waals surface area contributed by atoms with Gasteiger partial charge in [0, 0.05) is 25.4 Å². The number of carboxylic acid groups (broad SMARTS) is 1. The van der Waals surface area contributed by atoms with Gasteiger partial charge in [-0.05, 0) is 12.8 Å². The van der Waals surface area contributed by atoms with Gasteiger partial charge in [-0.25, -0.2) is 8.42 Å². The van der Waals surface area contributed by atoms with Crippen LogP contribution in [0.2, 0.25) is 0 Å². The van der Waals surface area contributed by atoms with Gasteiger partial charge in [0.2, 0.25) is 0 Å². The number of rotatable bonds is 3. The Morgan fingerprint density at radius 3 is 2.44 bits per heavy atom. The molecule has 1 aliphatic carbocycles. The van der Waals surface area contributed by atoms with Crippen molar-refractivity contribution in [3.63, 3.8) is 0 Å². The van der Waals surface area contributed by atoms with Gasteiger partial charge in [0.25, 0.3) is 0 Å². The second-order valence-electron chi connectivity index (χ2n) is 4.86. The highest BCUT2D eigenvalue weighted by atomic mass is 32.2. The quantitative estimate of drug-likeness (QED) is 0.758. The zero-order chi connectivity index (χ0) is 11.9. The van der Waals surface area contributed by atoms with Crippen molar-refractivity contribution in [1.82, 2.24) is 4.90 Å². The monoisotopic (exact) mass is 247 g/mol. The minimum absolute atomic E-state index is 0.0469. The Morgan fingerprint density at radius 1 is 1.31 bits per heavy atom. The first-order valence-corrected chi connectivity index (χ1v) is 7.51. The van der Waals surface area contributed by atoms with Crippen molar-refractivity contribution in [2.45, 2.75) is 30.6 Å². The van der Waals surface area contributed by atoms with E-state index in [1.807, 2.05) is 4.90 Å². The summed E-state index contributed by atoms with van der Waals surface area (Å²) in [5.74, 6) is -1.08. The summed E-state index contributed by atoms with van der Waals surface area (Å²) >= 11 is 0. The highest BCUT2D eigenvalue weighted by molar-refractivity contribution is 7.91. The minimum atomic E-state index is -3.00. The largest absolute Gasteiger partial charge is 0.481 e. The minimum Gasteiger partial charge on any atom is -0.481 e. The van der Waals surface area contributed by atoms with Crippen molar-refractivity contribution >= 4 is 15.8 Å². The average molecular weight is 247 g/mol. The molecule has 1 heterocycles. The van der Waals surface area contributed by atoms with Gasteiger partial charge in [-0.1, -0.05) is 6.42 Å². The molecule has 16 heavy (non-hydrogen) atoms. The van der Waals surface area contributed by atoms with Crippen LogP contribution in [0, 0.1) is 5.92 Å². The van der Waals surface area contributed by atoms with Crippen LogP contribution < -0.4 is 0 Å². The molecular formula is C10H17NO4S. The standard InChI is InChI=1S/C10H17NO4S/c1-16(14,15)9-4-2-3-8(9)11-5-7(6-11)10(12)13/h7-9H,2-6H2,1H3,(H,12,13). The molecule has 2 rings (SSSR count). The van der Waals surface area contributed by atoms with Crippen molar-refractivity contribution in [2.24, 2.45) is 5.92 Å². The summed E-state index contributed by atoms with van der Waals surface area (Å²) in [6.07, 6.45) is 3.81. The smallest absolute Gasteiger partial charge is 0.309 e. The lowest BCUT2D eigenvalue weighted by atomic mass is 9.97. The van der Waals surface area contributed by atoms with E-state index in [2.05, 4.69) is 0 Å². The van der Waals surface area contributed by atoms with E-state index in [1.165, 1.54) is 6.26 Å². The zero-order valence-corrected chi connectivity index (χ0v) is 10.1. The maximum Gasteiger partial charge on any atom is 0.309 e. The number of carboxylic acids is 1. The molecule has 2 aliphatic rings. The van der Waals surface area contributed by atoms with E-state index in [-0.39, 0.29) is 17.2 Å². The third kappa shape index (κ3) is 2.08. The summed E-state index contributed by atoms with van der Waals surface area (Å²) in [6.45, 7) is 1.01. The van der Waals surface area contributed by atoms with Crippen LogP contribution in [0.4, 0.5) is 0 Å². The first-order valence-electron chi connectivity index (χ1n) is 5.55. The normalized spacial score (nSPS) is 32.6. The lowest BCUT2D eigenvalue weighted by molar-refractivity contribution is -0.148. The van der Waals surface area contributed by atoms with E-state index in [4.69, 9.17) is 5.11 Å². The first-order chi connectivity index (χ1) is 7.39. The molecule has 0 radical (unpaired) electrons. The van der Waals surface area contributed by atoms with Gasteiger partial charge < -0.3 is 5.11 Å². The summed E-state index contributed by atoms with van der Waals surface area (Å²) in [7, 11) is -3.00. The summed E-state index contributed by atoms with van der Waals surface area (Å²) in [5.41, 5.74) is 0. The van der Waals surface area contributed by atoms with Crippen LogP contribution in [0.25, 0.3) is 0 Å². The van der Waals surface area contributed by atoms with Gasteiger partial charge in [-0.15, -0.1) is 0 Å². The summed E-state index contributed by atoms with van der Waals surface area (Å²) in [6, 6.07) is 0.0469. The van der Waals surface area contributed by atoms with E-state index in [0.717, 1.165) is 19.3 Å². The van der Waals surface area contributed by atoms with Crippen molar-refractivity contribution in [3.8, 4) is 0 Å². The SMILES string of the molecule is CS(=O)(=O)C1CCCC1N1CC(C(=O)O)C1. The lowest BCUT2D eigenvalue weighted by Crippen LogP contribution is -2.57. The zero-order valence-electron chi connectivity index (χ0n) is 9.30. The van der Waals surface area contributed by atoms with Gasteiger partial charge >= 0.3 is 5.97 Å². The van der Waals surface area contributed by atoms with Gasteiger partial charge in [0.15, 0.2) is 9.84 Å². The summed E-state index contributed by atoms with van der Waals surface area (Å²) in [5, 5.41) is 8.49. The second kappa shape index (κ2) is 4.00. The van der Waals surface area contributed by atoms with Gasteiger partial charge in [0.05, 0.1) is 11.2 Å². The Morgan fingerprint density at radius 2 is 1.94 bits per heavy atom. The molecule has 5 nitrogen and oxygen atoms in total. The third-order valence-corrected chi connectivity index (χ3v) is 5.35. The van der Waals surface area contributed by atoms with Crippen molar-refractivity contribution in [1.29, 1.82) is 0 Å². The van der Waals surface area contributed by atoms with E-state index < -0.39 is 15.8 Å². The number of carbonyl (C=O) groups is 1. The maximum atomic E-state index is 11.6. The fourth-order valence-corrected chi connectivity index (χ4v) is 4.24. The van der Waals surface area contributed by atoms with E-state index in [9.17, 15) is 13.2 Å². The molecule has 6 heteroatoms. The van der Waals surface area contributed by atoms with Crippen LogP contribution >= 0.6 is 0 Å². The molecule has 0 amide bonds. The van der Waals surface area contributed by atoms with Crippen LogP contribution in [0.5, 0.6) is 0 Å². The number of sulfone groups is 1. The molecule has 0 bridgehead atoms. The van der Waals surface area contributed by atoms with Crippen molar-refractivity contribution < 1.29 is 18.3 Å². The number of likely N-dealkylation sites (tertiary alicyclic amines) is 1. The van der Waals surface area contributed by atoms with Crippen molar-refractivity contribution in [2.75, 3.05) is 19.3 Å². The van der Waals surface area contributed by atoms with E-state index in [1.54, 1.807) is 0 Å². The predicted octanol–water partition coefficient (Wildman–Crippen LogP) is -0.0315. The Hall–Kier alpha value is -0.620. The van der Waals surface area contributed by atoms with Crippen LogP contribution in [0.1, 0.15) is 19.3 Å². The van der Waals surface area contributed by atoms with Crippen LogP contribution in [0.3, 0.4) is 0 Å². The predicted molar refractivity (Wildman–Crippen MR) is 59.0 cm³/mol. The van der Waals surface area contributed by atoms with Crippen LogP contribution in [-0.2, 0) is 14.6 Å². The highest BCUT2D eigenvalue weighted by Crippen LogP contribution is 2.33. The van der Waals surface area contributed by atoms with E-state index >= 15 is 0 Å². The Kier molecular flexibility index (Phi) is 2.96. The molecule has 0 aromatic heterocycles. The molecule has 2 atom stereocenters. The van der Waals surface area contributed by atoms with E-state index in [0.29, 0.717) is 13.1 Å². The number of nitrogens with zero attached hydrogens (tertiary/aromatic N) is 1. The fourth-order valence-electron chi connectivity index (χ4n) is 2.76. The molecule has 1 aliphatic heterocycles. The second-order valence-corrected chi connectivity index (χ2v) is 7.12. The lowest BCUT2D eigenvalue weighted by Gasteiger charge is -2.42. The molecule has 0 aromatic rings. The summed E-state index contributed by atoms with van der Waals surface area (Å²) < 4.78 is 23.1. The number of hydrogen-bond donors (Lipinski definition) is 1. The molecule has 2 fully saturated rings. The average Bonchev–Trinajstić information content (AvgIpc) is 2.47. The third-order valence-electron chi connectivity index (χ3n) is 3.70. The van der Waals surface area contributed by atoms with Crippen molar-refractivity contribution in [3.05, 3.63) is 0 Å². The maximum absolute atomic E-state index is 11.6. The summed E-state index contributed by atoms with van der Waals surface area (Å²) in [4.78, 5) is 12.7. The number of hydrogen-bond acceptors (Lipinski definition) is 4. The molecule has 1 saturated heterocycles. The molecule has 92 valence electrons. The molecular weight excluding hydrogens is 230 g/mol. The van der Waals surface area contributed by atoms with Crippen LogP contribution in [-0.4, -0.2) is 55.0 Å². The van der Waals surface area contributed by atoms with Crippen LogP contribution in [0.15, 0.2) is 0 Å². The molecule has 0 spiro atoms. The van der Waals surface area contributed by atoms with Gasteiger partial charge in [-0.2, -0.15) is 0 Å². The van der Waals surface area contributed by atoms with Gasteiger partial charge in [0.1, 0.15) is 0 Å². The topological polar surface area (TPSA) is 74.7 Å². The molecule has 1 N–H and O–H groups in total. The first kappa shape index (κ1) is 11.9. The fraction of sp³-hybridized carbons (Fsp3) is 0.900. The Labute approximate surface area is 95.4 Å². The molecule has 1 saturated carbocycles. The number of aliphatic carboxylic acids is 1. The Balaban J connectivity index is 1.99. The Bertz CT molecular complexity index is 386.